The first-order chi connectivity index (χ1) is 9.99. The Balaban J connectivity index is 2.18. The summed E-state index contributed by atoms with van der Waals surface area (Å²) in [5.41, 5.74) is 0.491. The van der Waals surface area contributed by atoms with E-state index in [4.69, 9.17) is 9.84 Å². The van der Waals surface area contributed by atoms with Crippen molar-refractivity contribution < 1.29 is 23.8 Å². The molecule has 108 valence electrons. The van der Waals surface area contributed by atoms with Gasteiger partial charge in [-0.15, -0.1) is 0 Å². The normalized spacial score (nSPS) is 11.7. The van der Waals surface area contributed by atoms with Crippen LogP contribution in [0.15, 0.2) is 48.5 Å². The maximum Gasteiger partial charge on any atom is 0.339 e. The predicted octanol–water partition coefficient (Wildman–Crippen LogP) is 3.44. The predicted molar refractivity (Wildman–Crippen MR) is 73.6 cm³/mol. The number of esters is 1. The van der Waals surface area contributed by atoms with E-state index >= 15 is 0 Å². The van der Waals surface area contributed by atoms with Gasteiger partial charge in [0.15, 0.2) is 0 Å². The van der Waals surface area contributed by atoms with Crippen LogP contribution in [-0.2, 0) is 4.74 Å². The fraction of sp³-hybridized carbons (Fsp3) is 0.125. The summed E-state index contributed by atoms with van der Waals surface area (Å²) in [4.78, 5) is 23.1. The molecular weight excluding hydrogens is 275 g/mol. The van der Waals surface area contributed by atoms with Crippen molar-refractivity contribution in [2.75, 3.05) is 0 Å². The average Bonchev–Trinajstić information content (AvgIpc) is 2.47. The summed E-state index contributed by atoms with van der Waals surface area (Å²) in [5, 5.41) is 9.05. The molecule has 21 heavy (non-hydrogen) atoms. The number of carbonyl (C=O) groups is 2. The standard InChI is InChI=1S/C16H13FO4/c1-10(11-6-8-12(17)9-7-11)21-16(20)14-5-3-2-4-13(14)15(18)19/h2-10H,1H3,(H,18,19). The maximum atomic E-state index is 12.8. The molecule has 0 fully saturated rings. The molecule has 0 aliphatic carbocycles. The lowest BCUT2D eigenvalue weighted by atomic mass is 10.1. The summed E-state index contributed by atoms with van der Waals surface area (Å²) in [5.74, 6) is -2.31. The molecule has 2 aromatic rings. The highest BCUT2D eigenvalue weighted by Gasteiger charge is 2.19. The maximum absolute atomic E-state index is 12.8. The first kappa shape index (κ1) is 14.7. The van der Waals surface area contributed by atoms with Crippen molar-refractivity contribution in [2.24, 2.45) is 0 Å². The SMILES string of the molecule is CC(OC(=O)c1ccccc1C(=O)O)c1ccc(F)cc1. The van der Waals surface area contributed by atoms with Crippen LogP contribution >= 0.6 is 0 Å². The van der Waals surface area contributed by atoms with E-state index < -0.39 is 18.0 Å². The molecule has 0 aromatic heterocycles. The summed E-state index contributed by atoms with van der Waals surface area (Å²) < 4.78 is 18.1. The van der Waals surface area contributed by atoms with Crippen LogP contribution in [0.4, 0.5) is 4.39 Å². The third kappa shape index (κ3) is 3.45. The van der Waals surface area contributed by atoms with Crippen LogP contribution in [0.25, 0.3) is 0 Å². The minimum atomic E-state index is -1.20. The van der Waals surface area contributed by atoms with Crippen LogP contribution in [-0.4, -0.2) is 17.0 Å². The number of carbonyl (C=O) groups excluding carboxylic acids is 1. The summed E-state index contributed by atoms with van der Waals surface area (Å²) in [6, 6.07) is 11.4. The van der Waals surface area contributed by atoms with Gasteiger partial charge < -0.3 is 9.84 Å². The van der Waals surface area contributed by atoms with E-state index in [1.165, 1.54) is 42.5 Å². The van der Waals surface area contributed by atoms with Gasteiger partial charge in [-0.3, -0.25) is 0 Å². The number of ether oxygens (including phenoxy) is 1. The number of halogens is 1. The van der Waals surface area contributed by atoms with Crippen molar-refractivity contribution in [2.45, 2.75) is 13.0 Å². The van der Waals surface area contributed by atoms with Gasteiger partial charge in [0, 0.05) is 0 Å². The largest absolute Gasteiger partial charge is 0.478 e. The summed E-state index contributed by atoms with van der Waals surface area (Å²) in [6.07, 6.45) is -0.611. The van der Waals surface area contributed by atoms with Crippen LogP contribution in [0.5, 0.6) is 0 Å². The number of carboxylic acid groups (broad SMARTS) is 1. The molecule has 0 spiro atoms. The van der Waals surface area contributed by atoms with E-state index in [-0.39, 0.29) is 16.9 Å². The highest BCUT2D eigenvalue weighted by Crippen LogP contribution is 2.20. The van der Waals surface area contributed by atoms with E-state index in [1.54, 1.807) is 13.0 Å². The second-order valence-corrected chi connectivity index (χ2v) is 4.45. The van der Waals surface area contributed by atoms with Gasteiger partial charge in [0.25, 0.3) is 0 Å². The Morgan fingerprint density at radius 1 is 1.05 bits per heavy atom. The number of aromatic carboxylic acids is 1. The van der Waals surface area contributed by atoms with Crippen molar-refractivity contribution in [1.29, 1.82) is 0 Å². The summed E-state index contributed by atoms with van der Waals surface area (Å²) in [6.45, 7) is 1.63. The van der Waals surface area contributed by atoms with Crippen LogP contribution in [0, 0.1) is 5.82 Å². The van der Waals surface area contributed by atoms with E-state index in [1.807, 2.05) is 0 Å². The third-order valence-corrected chi connectivity index (χ3v) is 3.00. The van der Waals surface area contributed by atoms with Crippen LogP contribution in [0.2, 0.25) is 0 Å². The first-order valence-corrected chi connectivity index (χ1v) is 6.28. The third-order valence-electron chi connectivity index (χ3n) is 3.00. The molecule has 0 saturated heterocycles. The zero-order valence-corrected chi connectivity index (χ0v) is 11.2. The second-order valence-electron chi connectivity index (χ2n) is 4.45. The van der Waals surface area contributed by atoms with E-state index in [2.05, 4.69) is 0 Å². The molecule has 1 N–H and O–H groups in total. The number of carboxylic acids is 1. The topological polar surface area (TPSA) is 63.6 Å². The molecule has 1 unspecified atom stereocenters. The quantitative estimate of drug-likeness (QED) is 0.875. The molecule has 0 aliphatic rings. The van der Waals surface area contributed by atoms with Crippen molar-refractivity contribution in [3.8, 4) is 0 Å². The molecule has 2 rings (SSSR count). The van der Waals surface area contributed by atoms with Gasteiger partial charge in [0.2, 0.25) is 0 Å². The fourth-order valence-corrected chi connectivity index (χ4v) is 1.87. The van der Waals surface area contributed by atoms with Gasteiger partial charge in [-0.1, -0.05) is 24.3 Å². The van der Waals surface area contributed by atoms with Crippen molar-refractivity contribution in [1.82, 2.24) is 0 Å². The Kier molecular flexibility index (Phi) is 4.33. The number of rotatable bonds is 4. The van der Waals surface area contributed by atoms with Gasteiger partial charge >= 0.3 is 11.9 Å². The molecule has 0 heterocycles. The molecule has 2 aromatic carbocycles. The lowest BCUT2D eigenvalue weighted by Crippen LogP contribution is -2.13. The van der Waals surface area contributed by atoms with Gasteiger partial charge in [-0.25, -0.2) is 14.0 Å². The molecule has 0 aliphatic heterocycles. The smallest absolute Gasteiger partial charge is 0.339 e. The molecule has 0 bridgehead atoms. The zero-order valence-electron chi connectivity index (χ0n) is 11.2. The molecule has 0 radical (unpaired) electrons. The highest BCUT2D eigenvalue weighted by atomic mass is 19.1. The van der Waals surface area contributed by atoms with Crippen molar-refractivity contribution in [3.63, 3.8) is 0 Å². The number of benzene rings is 2. The monoisotopic (exact) mass is 288 g/mol. The lowest BCUT2D eigenvalue weighted by Gasteiger charge is -2.14. The highest BCUT2D eigenvalue weighted by molar-refractivity contribution is 6.02. The van der Waals surface area contributed by atoms with Gasteiger partial charge in [-0.2, -0.15) is 0 Å². The number of hydrogen-bond acceptors (Lipinski definition) is 3. The molecule has 1 atom stereocenters. The van der Waals surface area contributed by atoms with E-state index in [0.717, 1.165) is 0 Å². The van der Waals surface area contributed by atoms with Gasteiger partial charge in [0.1, 0.15) is 11.9 Å². The van der Waals surface area contributed by atoms with Gasteiger partial charge in [-0.05, 0) is 36.8 Å². The summed E-state index contributed by atoms with van der Waals surface area (Å²) in [7, 11) is 0. The zero-order chi connectivity index (χ0) is 15.4. The molecule has 5 heteroatoms. The molecule has 0 amide bonds. The summed E-state index contributed by atoms with van der Waals surface area (Å²) >= 11 is 0. The molecular formula is C16H13FO4. The fourth-order valence-electron chi connectivity index (χ4n) is 1.87. The van der Waals surface area contributed by atoms with Crippen LogP contribution in [0.1, 0.15) is 39.3 Å². The van der Waals surface area contributed by atoms with Crippen LogP contribution in [0.3, 0.4) is 0 Å². The van der Waals surface area contributed by atoms with E-state index in [0.29, 0.717) is 5.56 Å². The van der Waals surface area contributed by atoms with Crippen molar-refractivity contribution in [3.05, 3.63) is 71.0 Å². The Morgan fingerprint density at radius 2 is 1.62 bits per heavy atom. The lowest BCUT2D eigenvalue weighted by molar-refractivity contribution is 0.0331. The average molecular weight is 288 g/mol. The van der Waals surface area contributed by atoms with Crippen LogP contribution < -0.4 is 0 Å². The van der Waals surface area contributed by atoms with Gasteiger partial charge in [0.05, 0.1) is 11.1 Å². The minimum Gasteiger partial charge on any atom is -0.478 e. The Bertz CT molecular complexity index is 664. The second kappa shape index (κ2) is 6.17. The molecule has 0 saturated carbocycles. The molecule has 4 nitrogen and oxygen atoms in total. The minimum absolute atomic E-state index is 0.0149. The van der Waals surface area contributed by atoms with Crippen molar-refractivity contribution >= 4 is 11.9 Å². The Morgan fingerprint density at radius 3 is 2.19 bits per heavy atom. The number of hydrogen-bond donors (Lipinski definition) is 1. The Labute approximate surface area is 120 Å². The first-order valence-electron chi connectivity index (χ1n) is 6.28. The Hall–Kier alpha value is -2.69. The van der Waals surface area contributed by atoms with E-state index in [9.17, 15) is 14.0 Å².